The monoisotopic (exact) mass is 488 g/mol. The van der Waals surface area contributed by atoms with Gasteiger partial charge in [-0.2, -0.15) is 5.10 Å². The lowest BCUT2D eigenvalue weighted by molar-refractivity contribution is 0.162. The minimum atomic E-state index is 0.216. The van der Waals surface area contributed by atoms with Gasteiger partial charge in [0, 0.05) is 58.4 Å². The van der Waals surface area contributed by atoms with E-state index in [1.807, 2.05) is 43.0 Å². The molecule has 7 rings (SSSR count). The maximum Gasteiger partial charge on any atom is 0.155 e. The van der Waals surface area contributed by atoms with Gasteiger partial charge in [0.2, 0.25) is 0 Å². The van der Waals surface area contributed by atoms with Crippen molar-refractivity contribution in [3.63, 3.8) is 0 Å². The third kappa shape index (κ3) is 4.09. The van der Waals surface area contributed by atoms with Gasteiger partial charge in [0.25, 0.3) is 0 Å². The zero-order chi connectivity index (χ0) is 24.6. The maximum absolute atomic E-state index is 6.21. The second kappa shape index (κ2) is 9.11. The van der Waals surface area contributed by atoms with Gasteiger partial charge in [-0.1, -0.05) is 0 Å². The number of piperidine rings is 1. The van der Waals surface area contributed by atoms with Crippen LogP contribution in [0.3, 0.4) is 0 Å². The number of fused-ring (bicyclic) bond motifs is 2. The molecule has 0 spiro atoms. The number of pyridine rings is 4. The van der Waals surface area contributed by atoms with Crippen LogP contribution in [0.25, 0.3) is 55.6 Å². The fourth-order valence-corrected chi connectivity index (χ4v) is 4.95. The number of nitrogens with zero attached hydrogens (tertiary/aromatic N) is 5. The quantitative estimate of drug-likeness (QED) is 0.320. The number of nitrogens with one attached hydrogen (secondary N) is 3. The highest BCUT2D eigenvalue weighted by Crippen LogP contribution is 2.34. The zero-order valence-electron chi connectivity index (χ0n) is 20.0. The molecule has 0 unspecified atom stereocenters. The highest BCUT2D eigenvalue weighted by molar-refractivity contribution is 6.00. The van der Waals surface area contributed by atoms with Crippen molar-refractivity contribution in [2.45, 2.75) is 18.9 Å². The normalized spacial score (nSPS) is 14.4. The number of aromatic amines is 2. The minimum Gasteiger partial charge on any atom is -0.489 e. The summed E-state index contributed by atoms with van der Waals surface area (Å²) in [5.74, 6) is 0.781. The van der Waals surface area contributed by atoms with Gasteiger partial charge in [-0.05, 0) is 61.8 Å². The van der Waals surface area contributed by atoms with Gasteiger partial charge < -0.3 is 15.0 Å². The molecular formula is C28H24N8O. The molecule has 1 saturated heterocycles. The molecule has 0 radical (unpaired) electrons. The second-order valence-electron chi connectivity index (χ2n) is 9.24. The molecule has 0 amide bonds. The molecule has 0 aliphatic carbocycles. The topological polar surface area (TPSA) is 117 Å². The third-order valence-corrected chi connectivity index (χ3v) is 6.84. The van der Waals surface area contributed by atoms with E-state index >= 15 is 0 Å². The van der Waals surface area contributed by atoms with Crippen molar-refractivity contribution in [1.82, 2.24) is 40.4 Å². The Hall–Kier alpha value is -4.63. The SMILES string of the molecule is c1cc(-c2cncc3[nH]c(-c4n[nH]c5ncc(-c6cncc(OC7CCNCC7)c6)cc45)cc23)ccn1. The summed E-state index contributed by atoms with van der Waals surface area (Å²) in [5, 5.41) is 13.0. The Bertz CT molecular complexity index is 1700. The second-order valence-corrected chi connectivity index (χ2v) is 9.24. The lowest BCUT2D eigenvalue weighted by Gasteiger charge is -2.23. The van der Waals surface area contributed by atoms with Crippen molar-refractivity contribution in [2.75, 3.05) is 13.1 Å². The first-order valence-electron chi connectivity index (χ1n) is 12.4. The van der Waals surface area contributed by atoms with E-state index in [-0.39, 0.29) is 6.10 Å². The van der Waals surface area contributed by atoms with E-state index in [1.165, 1.54) is 0 Å². The lowest BCUT2D eigenvalue weighted by Crippen LogP contribution is -2.34. The summed E-state index contributed by atoms with van der Waals surface area (Å²) < 4.78 is 6.21. The molecule has 1 fully saturated rings. The molecule has 9 heteroatoms. The summed E-state index contributed by atoms with van der Waals surface area (Å²) in [4.78, 5) is 21.1. The fraction of sp³-hybridized carbons (Fsp3) is 0.179. The molecule has 6 aromatic rings. The van der Waals surface area contributed by atoms with Crippen molar-refractivity contribution >= 4 is 21.9 Å². The molecule has 3 N–H and O–H groups in total. The van der Waals surface area contributed by atoms with Gasteiger partial charge in [0.15, 0.2) is 5.65 Å². The van der Waals surface area contributed by atoms with Crippen LogP contribution >= 0.6 is 0 Å². The van der Waals surface area contributed by atoms with E-state index in [1.54, 1.807) is 18.6 Å². The number of hydrogen-bond acceptors (Lipinski definition) is 7. The smallest absolute Gasteiger partial charge is 0.155 e. The molecular weight excluding hydrogens is 464 g/mol. The summed E-state index contributed by atoms with van der Waals surface area (Å²) in [6.45, 7) is 1.96. The van der Waals surface area contributed by atoms with Crippen LogP contribution in [0.5, 0.6) is 5.75 Å². The molecule has 0 aromatic carbocycles. The highest BCUT2D eigenvalue weighted by atomic mass is 16.5. The average molecular weight is 489 g/mol. The molecule has 0 bridgehead atoms. The van der Waals surface area contributed by atoms with Crippen LogP contribution in [0.2, 0.25) is 0 Å². The number of aromatic nitrogens is 7. The summed E-state index contributed by atoms with van der Waals surface area (Å²) in [6.07, 6.45) is 15.0. The van der Waals surface area contributed by atoms with Crippen LogP contribution in [-0.2, 0) is 0 Å². The van der Waals surface area contributed by atoms with Crippen molar-refractivity contribution in [3.8, 4) is 39.4 Å². The molecule has 1 aliphatic rings. The predicted octanol–water partition coefficient (Wildman–Crippen LogP) is 4.76. The first-order valence-corrected chi connectivity index (χ1v) is 12.4. The Labute approximate surface area is 212 Å². The van der Waals surface area contributed by atoms with Gasteiger partial charge in [-0.15, -0.1) is 0 Å². The Morgan fingerprint density at radius 1 is 0.784 bits per heavy atom. The summed E-state index contributed by atoms with van der Waals surface area (Å²) >= 11 is 0. The number of rotatable bonds is 5. The highest BCUT2D eigenvalue weighted by Gasteiger charge is 2.17. The van der Waals surface area contributed by atoms with E-state index in [0.29, 0.717) is 0 Å². The van der Waals surface area contributed by atoms with Crippen LogP contribution in [0.15, 0.2) is 73.7 Å². The Morgan fingerprint density at radius 3 is 2.51 bits per heavy atom. The summed E-state index contributed by atoms with van der Waals surface area (Å²) in [7, 11) is 0. The average Bonchev–Trinajstić information content (AvgIpc) is 3.58. The first kappa shape index (κ1) is 21.6. The molecule has 1 aliphatic heterocycles. The summed E-state index contributed by atoms with van der Waals surface area (Å²) in [5.41, 5.74) is 7.37. The van der Waals surface area contributed by atoms with Gasteiger partial charge in [0.05, 0.1) is 23.6 Å². The molecule has 9 nitrogen and oxygen atoms in total. The number of ether oxygens (including phenoxy) is 1. The van der Waals surface area contributed by atoms with E-state index in [9.17, 15) is 0 Å². The largest absolute Gasteiger partial charge is 0.489 e. The Morgan fingerprint density at radius 2 is 1.62 bits per heavy atom. The van der Waals surface area contributed by atoms with Crippen molar-refractivity contribution in [2.24, 2.45) is 0 Å². The molecule has 182 valence electrons. The van der Waals surface area contributed by atoms with Crippen LogP contribution in [0, 0.1) is 0 Å². The van der Waals surface area contributed by atoms with E-state index < -0.39 is 0 Å². The lowest BCUT2D eigenvalue weighted by atomic mass is 10.0. The van der Waals surface area contributed by atoms with E-state index in [2.05, 4.69) is 52.6 Å². The first-order chi connectivity index (χ1) is 18.3. The minimum absolute atomic E-state index is 0.216. The zero-order valence-corrected chi connectivity index (χ0v) is 20.0. The maximum atomic E-state index is 6.21. The number of hydrogen-bond donors (Lipinski definition) is 3. The fourth-order valence-electron chi connectivity index (χ4n) is 4.95. The van der Waals surface area contributed by atoms with Crippen LogP contribution in [-0.4, -0.2) is 54.3 Å². The van der Waals surface area contributed by atoms with Crippen molar-refractivity contribution < 1.29 is 4.74 Å². The van der Waals surface area contributed by atoms with E-state index in [0.717, 1.165) is 87.3 Å². The predicted molar refractivity (Wildman–Crippen MR) is 142 cm³/mol. The van der Waals surface area contributed by atoms with Crippen LogP contribution < -0.4 is 10.1 Å². The molecule has 37 heavy (non-hydrogen) atoms. The molecule has 0 saturated carbocycles. The van der Waals surface area contributed by atoms with Gasteiger partial charge >= 0.3 is 0 Å². The van der Waals surface area contributed by atoms with Crippen molar-refractivity contribution in [1.29, 1.82) is 0 Å². The Kier molecular flexibility index (Phi) is 5.32. The molecule has 6 aromatic heterocycles. The summed E-state index contributed by atoms with van der Waals surface area (Å²) in [6, 6.07) is 10.2. The van der Waals surface area contributed by atoms with Gasteiger partial charge in [-0.25, -0.2) is 4.98 Å². The van der Waals surface area contributed by atoms with Crippen LogP contribution in [0.1, 0.15) is 12.8 Å². The van der Waals surface area contributed by atoms with Gasteiger partial charge in [-0.3, -0.25) is 20.1 Å². The van der Waals surface area contributed by atoms with Gasteiger partial charge in [0.1, 0.15) is 17.5 Å². The standard InChI is InChI=1S/C28H24N8O/c1-5-29-6-2-17(1)24-15-32-16-26-22(24)11-25(34-26)27-23-10-19(13-33-28(23)36-35-27)18-9-21(14-31-12-18)37-20-3-7-30-8-4-20/h1-2,5-6,9-16,20,30,34H,3-4,7-8H2,(H,33,35,36). The third-order valence-electron chi connectivity index (χ3n) is 6.84. The Balaban J connectivity index is 1.26. The van der Waals surface area contributed by atoms with Crippen LogP contribution in [0.4, 0.5) is 0 Å². The molecule has 7 heterocycles. The number of H-pyrrole nitrogens is 2. The molecule has 0 atom stereocenters. The van der Waals surface area contributed by atoms with E-state index in [4.69, 9.17) is 4.74 Å². The van der Waals surface area contributed by atoms with Crippen molar-refractivity contribution in [3.05, 3.63) is 73.7 Å².